The molecule has 5 atom stereocenters. The number of sulfonamides is 1. The Morgan fingerprint density at radius 3 is 2.60 bits per heavy atom. The van der Waals surface area contributed by atoms with E-state index in [1.165, 1.54) is 11.9 Å². The summed E-state index contributed by atoms with van der Waals surface area (Å²) < 4.78 is 31.7. The number of fused-ring (bicyclic) bond motifs is 1. The normalized spacial score (nSPS) is 40.4. The minimum absolute atomic E-state index is 0.0175. The number of rotatable bonds is 4. The van der Waals surface area contributed by atoms with Crippen molar-refractivity contribution in [2.75, 3.05) is 7.05 Å². The van der Waals surface area contributed by atoms with E-state index in [4.69, 9.17) is 0 Å². The molecule has 2 heterocycles. The lowest BCUT2D eigenvalue weighted by Gasteiger charge is -2.37. The van der Waals surface area contributed by atoms with Gasteiger partial charge in [-0.1, -0.05) is 0 Å². The standard InChI is InChI=1S/C15H27N5O3S2/c1-9-16-13(24-17-9)20-12-8-10(4-5-11(12)19(3)14(20)21)25(22,23)18-15(2)6-7-15/h9-13,16-18H,4-8H2,1-3H3. The smallest absolute Gasteiger partial charge is 0.322 e. The quantitative estimate of drug-likeness (QED) is 0.609. The summed E-state index contributed by atoms with van der Waals surface area (Å²) >= 11 is 1.49. The van der Waals surface area contributed by atoms with Crippen LogP contribution in [0.4, 0.5) is 4.79 Å². The van der Waals surface area contributed by atoms with E-state index >= 15 is 0 Å². The van der Waals surface area contributed by atoms with Gasteiger partial charge in [-0.2, -0.15) is 0 Å². The summed E-state index contributed by atoms with van der Waals surface area (Å²) in [6.07, 6.45) is 3.77. The van der Waals surface area contributed by atoms with Crippen molar-refractivity contribution in [1.29, 1.82) is 0 Å². The van der Waals surface area contributed by atoms with Gasteiger partial charge in [-0.15, -0.1) is 0 Å². The Hall–Kier alpha value is -0.550. The predicted octanol–water partition coefficient (Wildman–Crippen LogP) is 0.586. The van der Waals surface area contributed by atoms with Gasteiger partial charge in [-0.05, 0) is 57.9 Å². The first-order valence-corrected chi connectivity index (χ1v) is 11.4. The van der Waals surface area contributed by atoms with Gasteiger partial charge in [-0.3, -0.25) is 10.2 Å². The fourth-order valence-corrected chi connectivity index (χ4v) is 7.16. The maximum absolute atomic E-state index is 12.8. The number of likely N-dealkylation sites (N-methyl/N-ethyl adjacent to an activating group) is 1. The molecule has 2 saturated carbocycles. The second-order valence-electron chi connectivity index (χ2n) is 8.05. The summed E-state index contributed by atoms with van der Waals surface area (Å²) in [4.78, 5) is 16.4. The molecule has 4 fully saturated rings. The average Bonchev–Trinajstić information content (AvgIpc) is 3.00. The predicted molar refractivity (Wildman–Crippen MR) is 97.0 cm³/mol. The second kappa shape index (κ2) is 5.98. The highest BCUT2D eigenvalue weighted by molar-refractivity contribution is 7.98. The molecule has 0 aromatic rings. The van der Waals surface area contributed by atoms with Gasteiger partial charge in [0.15, 0.2) is 0 Å². The number of carbonyl (C=O) groups excluding carboxylic acids is 1. The number of hydrogen-bond donors (Lipinski definition) is 3. The van der Waals surface area contributed by atoms with Gasteiger partial charge in [0.2, 0.25) is 10.0 Å². The van der Waals surface area contributed by atoms with Gasteiger partial charge in [-0.25, -0.2) is 22.7 Å². The Kier molecular flexibility index (Phi) is 4.27. The molecule has 25 heavy (non-hydrogen) atoms. The molecule has 4 rings (SSSR count). The van der Waals surface area contributed by atoms with E-state index in [1.807, 2.05) is 25.8 Å². The summed E-state index contributed by atoms with van der Waals surface area (Å²) in [5.41, 5.74) is -0.407. The maximum atomic E-state index is 12.8. The lowest BCUT2D eigenvalue weighted by atomic mass is 9.90. The van der Waals surface area contributed by atoms with E-state index in [9.17, 15) is 13.2 Å². The molecule has 0 bridgehead atoms. The van der Waals surface area contributed by atoms with Gasteiger partial charge in [0, 0.05) is 12.6 Å². The van der Waals surface area contributed by atoms with Crippen molar-refractivity contribution in [3.8, 4) is 0 Å². The van der Waals surface area contributed by atoms with Crippen LogP contribution in [0.15, 0.2) is 0 Å². The van der Waals surface area contributed by atoms with E-state index < -0.39 is 15.3 Å². The summed E-state index contributed by atoms with van der Waals surface area (Å²) in [6, 6.07) is 0.00163. The topological polar surface area (TPSA) is 93.8 Å². The van der Waals surface area contributed by atoms with Crippen LogP contribution in [0.5, 0.6) is 0 Å². The van der Waals surface area contributed by atoms with Crippen molar-refractivity contribution in [1.82, 2.24) is 24.6 Å². The molecule has 2 aliphatic carbocycles. The third kappa shape index (κ3) is 3.16. The summed E-state index contributed by atoms with van der Waals surface area (Å²) in [5.74, 6) is 0. The van der Waals surface area contributed by atoms with E-state index in [2.05, 4.69) is 14.8 Å². The minimum Gasteiger partial charge on any atom is -0.323 e. The Morgan fingerprint density at radius 2 is 2.00 bits per heavy atom. The lowest BCUT2D eigenvalue weighted by Crippen LogP contribution is -2.53. The number of amides is 2. The number of carbonyl (C=O) groups is 1. The van der Waals surface area contributed by atoms with E-state index in [0.717, 1.165) is 19.3 Å². The van der Waals surface area contributed by atoms with Crippen LogP contribution < -0.4 is 14.8 Å². The van der Waals surface area contributed by atoms with Gasteiger partial charge in [0.05, 0.1) is 23.5 Å². The van der Waals surface area contributed by atoms with Crippen LogP contribution in [0.3, 0.4) is 0 Å². The van der Waals surface area contributed by atoms with Gasteiger partial charge < -0.3 is 4.90 Å². The monoisotopic (exact) mass is 389 g/mol. The molecule has 142 valence electrons. The van der Waals surface area contributed by atoms with Crippen LogP contribution in [0.2, 0.25) is 0 Å². The Labute approximate surface area is 153 Å². The van der Waals surface area contributed by atoms with Crippen LogP contribution >= 0.6 is 11.9 Å². The number of nitrogens with zero attached hydrogens (tertiary/aromatic N) is 2. The van der Waals surface area contributed by atoms with Crippen LogP contribution in [-0.2, 0) is 10.0 Å². The zero-order chi connectivity index (χ0) is 18.0. The molecule has 3 N–H and O–H groups in total. The molecule has 5 unspecified atom stereocenters. The molecule has 2 saturated heterocycles. The molecule has 2 aliphatic heterocycles. The Balaban J connectivity index is 1.53. The third-order valence-corrected chi connectivity index (χ3v) is 9.10. The van der Waals surface area contributed by atoms with E-state index in [1.54, 1.807) is 4.90 Å². The average molecular weight is 390 g/mol. The molecule has 0 aromatic heterocycles. The van der Waals surface area contributed by atoms with Crippen molar-refractivity contribution in [2.45, 2.75) is 80.5 Å². The first kappa shape index (κ1) is 17.8. The molecular formula is C15H27N5O3S2. The Morgan fingerprint density at radius 1 is 1.28 bits per heavy atom. The SMILES string of the molecule is CC1NSC(N2C(=O)N(C)C3CCC(S(=O)(=O)NC4(C)CC4)CC32)N1. The fourth-order valence-electron chi connectivity index (χ4n) is 4.17. The fraction of sp³-hybridized carbons (Fsp3) is 0.933. The van der Waals surface area contributed by atoms with Gasteiger partial charge >= 0.3 is 6.03 Å². The molecule has 10 heteroatoms. The highest BCUT2D eigenvalue weighted by Crippen LogP contribution is 2.40. The summed E-state index contributed by atoms with van der Waals surface area (Å²) in [6.45, 7) is 3.96. The molecule has 8 nitrogen and oxygen atoms in total. The number of hydrogen-bond acceptors (Lipinski definition) is 6. The lowest BCUT2D eigenvalue weighted by molar-refractivity contribution is 0.172. The van der Waals surface area contributed by atoms with Crippen LogP contribution in [-0.4, -0.2) is 65.8 Å². The Bertz CT molecular complexity index is 668. The van der Waals surface area contributed by atoms with Gasteiger partial charge in [0.25, 0.3) is 0 Å². The summed E-state index contributed by atoms with van der Waals surface area (Å²) in [7, 11) is -1.53. The first-order valence-electron chi connectivity index (χ1n) is 8.95. The van der Waals surface area contributed by atoms with E-state index in [0.29, 0.717) is 12.8 Å². The van der Waals surface area contributed by atoms with Crippen molar-refractivity contribution >= 4 is 28.0 Å². The van der Waals surface area contributed by atoms with Crippen molar-refractivity contribution in [2.24, 2.45) is 0 Å². The third-order valence-electron chi connectivity index (χ3n) is 5.94. The highest BCUT2D eigenvalue weighted by Gasteiger charge is 2.53. The maximum Gasteiger partial charge on any atom is 0.322 e. The molecule has 0 radical (unpaired) electrons. The van der Waals surface area contributed by atoms with Crippen molar-refractivity contribution < 1.29 is 13.2 Å². The minimum atomic E-state index is -3.36. The van der Waals surface area contributed by atoms with Crippen molar-refractivity contribution in [3.63, 3.8) is 0 Å². The zero-order valence-electron chi connectivity index (χ0n) is 14.9. The first-order chi connectivity index (χ1) is 11.7. The van der Waals surface area contributed by atoms with Crippen LogP contribution in [0.1, 0.15) is 46.0 Å². The van der Waals surface area contributed by atoms with Gasteiger partial charge in [0.1, 0.15) is 5.50 Å². The zero-order valence-corrected chi connectivity index (χ0v) is 16.5. The van der Waals surface area contributed by atoms with Crippen molar-refractivity contribution in [3.05, 3.63) is 0 Å². The van der Waals surface area contributed by atoms with Crippen LogP contribution in [0, 0.1) is 0 Å². The summed E-state index contributed by atoms with van der Waals surface area (Å²) in [5, 5.41) is 2.92. The second-order valence-corrected chi connectivity index (χ2v) is 10.9. The number of urea groups is 1. The molecule has 0 aromatic carbocycles. The number of nitrogens with one attached hydrogen (secondary N) is 3. The molecular weight excluding hydrogens is 362 g/mol. The molecule has 2 amide bonds. The largest absolute Gasteiger partial charge is 0.323 e. The highest BCUT2D eigenvalue weighted by atomic mass is 32.2. The molecule has 4 aliphatic rings. The van der Waals surface area contributed by atoms with E-state index in [-0.39, 0.29) is 35.3 Å². The molecule has 0 spiro atoms. The van der Waals surface area contributed by atoms with Crippen LogP contribution in [0.25, 0.3) is 0 Å².